The smallest absolute Gasteiger partial charge is 0.358 e. The molecular formula is C17H11Cl4N3O2. The molecule has 0 spiro atoms. The van der Waals surface area contributed by atoms with Gasteiger partial charge in [0.1, 0.15) is 16.8 Å². The Kier molecular flexibility index (Phi) is 5.44. The summed E-state index contributed by atoms with van der Waals surface area (Å²) in [6.45, 7) is 1.84. The van der Waals surface area contributed by atoms with Crippen LogP contribution in [0.1, 0.15) is 21.6 Å². The molecule has 2 N–H and O–H groups in total. The number of esters is 1. The van der Waals surface area contributed by atoms with Crippen molar-refractivity contribution in [3.63, 3.8) is 0 Å². The predicted octanol–water partition coefficient (Wildman–Crippen LogP) is 5.49. The van der Waals surface area contributed by atoms with Crippen molar-refractivity contribution in [2.24, 2.45) is 0 Å². The Bertz CT molecular complexity index is 1040. The average Bonchev–Trinajstić information content (AvgIpc) is 2.61. The zero-order valence-corrected chi connectivity index (χ0v) is 16.3. The van der Waals surface area contributed by atoms with E-state index in [1.165, 1.54) is 0 Å². The summed E-state index contributed by atoms with van der Waals surface area (Å²) in [5.74, 6) is -0.805. The monoisotopic (exact) mass is 429 g/mol. The molecule has 0 bridgehead atoms. The van der Waals surface area contributed by atoms with Crippen LogP contribution in [0.4, 0.5) is 5.69 Å². The van der Waals surface area contributed by atoms with E-state index >= 15 is 0 Å². The molecule has 0 radical (unpaired) electrons. The summed E-state index contributed by atoms with van der Waals surface area (Å²) in [5.41, 5.74) is 7.80. The summed E-state index contributed by atoms with van der Waals surface area (Å²) >= 11 is 23.9. The first-order valence-electron chi connectivity index (χ1n) is 7.30. The number of aryl methyl sites for hydroxylation is 1. The summed E-state index contributed by atoms with van der Waals surface area (Å²) in [4.78, 5) is 20.4. The largest absolute Gasteiger partial charge is 0.456 e. The van der Waals surface area contributed by atoms with Crippen molar-refractivity contribution in [3.05, 3.63) is 61.4 Å². The molecule has 1 aromatic carbocycles. The molecular weight excluding hydrogens is 420 g/mol. The van der Waals surface area contributed by atoms with E-state index in [-0.39, 0.29) is 38.3 Å². The van der Waals surface area contributed by atoms with Crippen LogP contribution in [0.3, 0.4) is 0 Å². The van der Waals surface area contributed by atoms with Crippen molar-refractivity contribution >= 4 is 69.0 Å². The van der Waals surface area contributed by atoms with E-state index in [4.69, 9.17) is 56.9 Å². The number of fused-ring (bicyclic) bond motifs is 1. The van der Waals surface area contributed by atoms with Crippen LogP contribution in [0.15, 0.2) is 24.3 Å². The average molecular weight is 431 g/mol. The lowest BCUT2D eigenvalue weighted by molar-refractivity contribution is 0.0466. The van der Waals surface area contributed by atoms with Gasteiger partial charge in [0.15, 0.2) is 10.8 Å². The number of carbonyl (C=O) groups excluding carboxylic acids is 1. The quantitative estimate of drug-likeness (QED) is 0.439. The van der Waals surface area contributed by atoms with Crippen LogP contribution >= 0.6 is 46.4 Å². The van der Waals surface area contributed by atoms with Crippen LogP contribution in [0.25, 0.3) is 10.9 Å². The van der Waals surface area contributed by atoms with Crippen LogP contribution in [-0.4, -0.2) is 15.9 Å². The minimum absolute atomic E-state index is 0.0229. The summed E-state index contributed by atoms with van der Waals surface area (Å²) in [5, 5.41) is 0.832. The van der Waals surface area contributed by atoms with Gasteiger partial charge in [0.2, 0.25) is 0 Å². The van der Waals surface area contributed by atoms with Gasteiger partial charge in [-0.05, 0) is 24.6 Å². The number of aromatic nitrogens is 2. The molecule has 0 amide bonds. The van der Waals surface area contributed by atoms with Gasteiger partial charge < -0.3 is 10.5 Å². The van der Waals surface area contributed by atoms with Gasteiger partial charge in [-0.1, -0.05) is 58.5 Å². The van der Waals surface area contributed by atoms with E-state index in [2.05, 4.69) is 9.97 Å². The summed E-state index contributed by atoms with van der Waals surface area (Å²) in [6, 6.07) is 7.59. The number of rotatable bonds is 3. The summed E-state index contributed by atoms with van der Waals surface area (Å²) in [7, 11) is 0. The molecule has 0 aliphatic heterocycles. The van der Waals surface area contributed by atoms with Gasteiger partial charge in [0.05, 0.1) is 16.2 Å². The Balaban J connectivity index is 1.85. The maximum Gasteiger partial charge on any atom is 0.358 e. The first-order valence-corrected chi connectivity index (χ1v) is 8.82. The number of hydrogen-bond donors (Lipinski definition) is 1. The van der Waals surface area contributed by atoms with Gasteiger partial charge in [-0.15, -0.1) is 0 Å². The lowest BCUT2D eigenvalue weighted by Gasteiger charge is -2.10. The SMILES string of the molecule is Cc1ccc2cc(COC(=O)c3nc(Cl)c(Cl)c(N)c3Cl)c(Cl)nc2c1. The molecule has 3 rings (SSSR count). The third kappa shape index (κ3) is 3.67. The number of ether oxygens (including phenoxy) is 1. The van der Waals surface area contributed by atoms with Gasteiger partial charge in [-0.2, -0.15) is 0 Å². The molecule has 2 aromatic heterocycles. The molecule has 0 aliphatic rings. The number of nitrogens with zero attached hydrogens (tertiary/aromatic N) is 2. The van der Waals surface area contributed by atoms with Crippen molar-refractivity contribution in [3.8, 4) is 0 Å². The van der Waals surface area contributed by atoms with E-state index in [0.29, 0.717) is 5.56 Å². The normalized spacial score (nSPS) is 11.0. The predicted molar refractivity (Wildman–Crippen MR) is 104 cm³/mol. The van der Waals surface area contributed by atoms with Gasteiger partial charge in [-0.25, -0.2) is 14.8 Å². The Hall–Kier alpha value is -1.79. The molecule has 5 nitrogen and oxygen atoms in total. The fraction of sp³-hybridized carbons (Fsp3) is 0.118. The molecule has 0 saturated heterocycles. The van der Waals surface area contributed by atoms with Crippen LogP contribution in [0, 0.1) is 6.92 Å². The van der Waals surface area contributed by atoms with Crippen molar-refractivity contribution in [1.82, 2.24) is 9.97 Å². The highest BCUT2D eigenvalue weighted by atomic mass is 35.5. The van der Waals surface area contributed by atoms with Gasteiger partial charge in [0.25, 0.3) is 0 Å². The molecule has 134 valence electrons. The summed E-state index contributed by atoms with van der Waals surface area (Å²) < 4.78 is 5.23. The van der Waals surface area contributed by atoms with Gasteiger partial charge in [0, 0.05) is 10.9 Å². The molecule has 0 fully saturated rings. The second kappa shape index (κ2) is 7.45. The topological polar surface area (TPSA) is 78.1 Å². The third-order valence-electron chi connectivity index (χ3n) is 3.62. The molecule has 0 saturated carbocycles. The van der Waals surface area contributed by atoms with E-state index in [9.17, 15) is 4.79 Å². The number of hydrogen-bond acceptors (Lipinski definition) is 5. The molecule has 9 heteroatoms. The van der Waals surface area contributed by atoms with E-state index < -0.39 is 5.97 Å². The highest BCUT2D eigenvalue weighted by molar-refractivity contribution is 6.46. The van der Waals surface area contributed by atoms with Crippen molar-refractivity contribution < 1.29 is 9.53 Å². The molecule has 3 aromatic rings. The number of anilines is 1. The van der Waals surface area contributed by atoms with Crippen LogP contribution < -0.4 is 5.73 Å². The highest BCUT2D eigenvalue weighted by Crippen LogP contribution is 2.34. The number of pyridine rings is 2. The fourth-order valence-electron chi connectivity index (χ4n) is 2.28. The summed E-state index contributed by atoms with van der Waals surface area (Å²) in [6.07, 6.45) is 0. The van der Waals surface area contributed by atoms with Gasteiger partial charge >= 0.3 is 5.97 Å². The van der Waals surface area contributed by atoms with Crippen molar-refractivity contribution in [1.29, 1.82) is 0 Å². The van der Waals surface area contributed by atoms with Crippen LogP contribution in [0.2, 0.25) is 20.4 Å². The lowest BCUT2D eigenvalue weighted by atomic mass is 10.1. The minimum atomic E-state index is -0.805. The zero-order chi connectivity index (χ0) is 19.0. The maximum absolute atomic E-state index is 12.3. The van der Waals surface area contributed by atoms with E-state index in [1.54, 1.807) is 6.07 Å². The Morgan fingerprint density at radius 3 is 2.54 bits per heavy atom. The minimum Gasteiger partial charge on any atom is -0.456 e. The Labute approximate surface area is 169 Å². The van der Waals surface area contributed by atoms with Crippen molar-refractivity contribution in [2.45, 2.75) is 13.5 Å². The van der Waals surface area contributed by atoms with Crippen LogP contribution in [-0.2, 0) is 11.3 Å². The molecule has 2 heterocycles. The van der Waals surface area contributed by atoms with E-state index in [0.717, 1.165) is 16.5 Å². The Morgan fingerprint density at radius 2 is 1.81 bits per heavy atom. The second-order valence-corrected chi connectivity index (χ2v) is 6.98. The number of benzene rings is 1. The highest BCUT2D eigenvalue weighted by Gasteiger charge is 2.21. The zero-order valence-electron chi connectivity index (χ0n) is 13.3. The van der Waals surface area contributed by atoms with Gasteiger partial charge in [-0.3, -0.25) is 0 Å². The number of nitrogen functional groups attached to an aromatic ring is 1. The first kappa shape index (κ1) is 19.0. The molecule has 26 heavy (non-hydrogen) atoms. The lowest BCUT2D eigenvalue weighted by Crippen LogP contribution is -2.10. The number of carbonyl (C=O) groups is 1. The second-order valence-electron chi connectivity index (χ2n) is 5.50. The number of halogens is 4. The first-order chi connectivity index (χ1) is 12.3. The molecule has 0 aliphatic carbocycles. The third-order valence-corrected chi connectivity index (χ3v) is 5.09. The Morgan fingerprint density at radius 1 is 1.08 bits per heavy atom. The molecule has 0 unspecified atom stereocenters. The maximum atomic E-state index is 12.3. The number of nitrogens with two attached hydrogens (primary N) is 1. The molecule has 0 atom stereocenters. The standard InChI is InChI=1S/C17H11Cl4N3O2/c1-7-2-3-8-5-9(15(20)23-10(8)4-7)6-26-17(25)14-11(18)13(22)12(19)16(21)24-14/h2-5H,6H2,1H3,(H2,22,24). The van der Waals surface area contributed by atoms with Crippen molar-refractivity contribution in [2.75, 3.05) is 5.73 Å². The fourth-order valence-corrected chi connectivity index (χ4v) is 3.06. The van der Waals surface area contributed by atoms with E-state index in [1.807, 2.05) is 25.1 Å². The van der Waals surface area contributed by atoms with Crippen LogP contribution in [0.5, 0.6) is 0 Å².